The van der Waals surface area contributed by atoms with Crippen LogP contribution in [0.5, 0.6) is 11.5 Å². The molecule has 0 saturated carbocycles. The minimum absolute atomic E-state index is 0.0257. The number of ether oxygens (including phenoxy) is 1. The van der Waals surface area contributed by atoms with Crippen LogP contribution < -0.4 is 10.5 Å². The highest BCUT2D eigenvalue weighted by atomic mass is 19.4. The molecule has 0 bridgehead atoms. The van der Waals surface area contributed by atoms with Gasteiger partial charge in [0.15, 0.2) is 5.75 Å². The van der Waals surface area contributed by atoms with E-state index in [-0.39, 0.29) is 11.4 Å². The van der Waals surface area contributed by atoms with Gasteiger partial charge >= 0.3 is 6.18 Å². The predicted octanol–water partition coefficient (Wildman–Crippen LogP) is 4.13. The maximum absolute atomic E-state index is 13.1. The van der Waals surface area contributed by atoms with Crippen molar-refractivity contribution >= 4 is 11.2 Å². The fourth-order valence-electron chi connectivity index (χ4n) is 2.75. The predicted molar refractivity (Wildman–Crippen MR) is 93.3 cm³/mol. The molecule has 9 heteroatoms. The fourth-order valence-corrected chi connectivity index (χ4v) is 2.75. The van der Waals surface area contributed by atoms with Gasteiger partial charge in [0.05, 0.1) is 23.8 Å². The number of benzene rings is 1. The molecule has 0 aliphatic heterocycles. The first-order chi connectivity index (χ1) is 12.8. The third-order valence-corrected chi connectivity index (χ3v) is 4.03. The zero-order chi connectivity index (χ0) is 19.2. The lowest BCUT2D eigenvalue weighted by Crippen LogP contribution is -2.08. The molecule has 0 fully saturated rings. The Morgan fingerprint density at radius 2 is 1.93 bits per heavy atom. The molecule has 6 nitrogen and oxygen atoms in total. The van der Waals surface area contributed by atoms with E-state index in [4.69, 9.17) is 10.5 Å². The molecule has 0 amide bonds. The Kier molecular flexibility index (Phi) is 3.79. The van der Waals surface area contributed by atoms with Crippen molar-refractivity contribution < 1.29 is 17.9 Å². The van der Waals surface area contributed by atoms with E-state index in [0.717, 1.165) is 6.07 Å². The number of aromatic nitrogens is 4. The summed E-state index contributed by atoms with van der Waals surface area (Å²) in [5, 5.41) is 4.19. The number of aryl methyl sites for hydroxylation is 1. The van der Waals surface area contributed by atoms with Crippen LogP contribution in [0.4, 0.5) is 18.9 Å². The quantitative estimate of drug-likeness (QED) is 0.548. The molecule has 0 radical (unpaired) electrons. The number of rotatable bonds is 3. The zero-order valence-electron chi connectivity index (χ0n) is 14.1. The summed E-state index contributed by atoms with van der Waals surface area (Å²) >= 11 is 0. The Bertz CT molecular complexity index is 1130. The van der Waals surface area contributed by atoms with Crippen molar-refractivity contribution in [2.24, 2.45) is 7.05 Å². The Morgan fingerprint density at radius 1 is 1.11 bits per heavy atom. The van der Waals surface area contributed by atoms with Gasteiger partial charge in [0, 0.05) is 30.7 Å². The third-order valence-electron chi connectivity index (χ3n) is 4.03. The first-order valence-electron chi connectivity index (χ1n) is 7.91. The lowest BCUT2D eigenvalue weighted by molar-refractivity contribution is -0.137. The molecule has 4 aromatic rings. The van der Waals surface area contributed by atoms with E-state index < -0.39 is 11.7 Å². The number of halogens is 3. The molecule has 0 spiro atoms. The highest BCUT2D eigenvalue weighted by Crippen LogP contribution is 2.38. The first kappa shape index (κ1) is 17.0. The molecule has 3 aromatic heterocycles. The molecular formula is C18H14F3N5O. The minimum Gasteiger partial charge on any atom is -0.455 e. The van der Waals surface area contributed by atoms with Crippen LogP contribution in [0.2, 0.25) is 0 Å². The largest absolute Gasteiger partial charge is 0.455 e. The Balaban J connectivity index is 1.79. The van der Waals surface area contributed by atoms with E-state index in [2.05, 4.69) is 10.1 Å². The maximum atomic E-state index is 13.1. The van der Waals surface area contributed by atoms with Gasteiger partial charge in [-0.3, -0.25) is 0 Å². The molecule has 2 N–H and O–H groups in total. The van der Waals surface area contributed by atoms with Crippen LogP contribution in [0, 0.1) is 0 Å². The Hall–Kier alpha value is -3.49. The Labute approximate surface area is 151 Å². The average molecular weight is 373 g/mol. The summed E-state index contributed by atoms with van der Waals surface area (Å²) in [6, 6.07) is 6.87. The van der Waals surface area contributed by atoms with E-state index in [0.29, 0.717) is 22.5 Å². The number of imidazole rings is 1. The summed E-state index contributed by atoms with van der Waals surface area (Å²) in [4.78, 5) is 4.28. The topological polar surface area (TPSA) is 70.4 Å². The molecule has 4 rings (SSSR count). The molecule has 0 atom stereocenters. The third kappa shape index (κ3) is 3.19. The molecule has 1 aromatic carbocycles. The number of anilines is 1. The molecule has 138 valence electrons. The van der Waals surface area contributed by atoms with Crippen LogP contribution in [0.1, 0.15) is 5.56 Å². The van der Waals surface area contributed by atoms with Crippen LogP contribution in [-0.2, 0) is 13.2 Å². The number of hydrogen-bond donors (Lipinski definition) is 1. The van der Waals surface area contributed by atoms with Crippen molar-refractivity contribution in [2.45, 2.75) is 6.18 Å². The normalized spacial score (nSPS) is 11.9. The summed E-state index contributed by atoms with van der Waals surface area (Å²) in [6.45, 7) is 0. The maximum Gasteiger partial charge on any atom is 0.418 e. The highest BCUT2D eigenvalue weighted by molar-refractivity contribution is 5.69. The molecular weight excluding hydrogens is 359 g/mol. The van der Waals surface area contributed by atoms with Gasteiger partial charge in [0.2, 0.25) is 0 Å². The number of fused-ring (bicyclic) bond motifs is 1. The van der Waals surface area contributed by atoms with Crippen molar-refractivity contribution in [3.8, 4) is 22.8 Å². The molecule has 0 unspecified atom stereocenters. The van der Waals surface area contributed by atoms with Crippen molar-refractivity contribution in [1.29, 1.82) is 0 Å². The summed E-state index contributed by atoms with van der Waals surface area (Å²) in [7, 11) is 1.84. The van der Waals surface area contributed by atoms with Gasteiger partial charge in [-0.15, -0.1) is 0 Å². The van der Waals surface area contributed by atoms with E-state index in [1.165, 1.54) is 12.1 Å². The van der Waals surface area contributed by atoms with Gasteiger partial charge in [0.1, 0.15) is 11.3 Å². The monoisotopic (exact) mass is 373 g/mol. The SMILES string of the molecule is Cn1cnc(-c2cc(Oc3ccc(N)c(C(F)(F)F)c3)c3ccnn3c2)c1. The van der Waals surface area contributed by atoms with Crippen LogP contribution in [0.15, 0.2) is 55.2 Å². The molecule has 0 aliphatic carbocycles. The van der Waals surface area contributed by atoms with Crippen LogP contribution in [0.25, 0.3) is 16.8 Å². The van der Waals surface area contributed by atoms with Gasteiger partial charge in [-0.1, -0.05) is 0 Å². The smallest absolute Gasteiger partial charge is 0.418 e. The number of pyridine rings is 1. The second-order valence-corrected chi connectivity index (χ2v) is 6.03. The second kappa shape index (κ2) is 6.04. The van der Waals surface area contributed by atoms with Gasteiger partial charge in [-0.2, -0.15) is 18.3 Å². The van der Waals surface area contributed by atoms with E-state index in [1.807, 2.05) is 13.2 Å². The number of nitrogens with two attached hydrogens (primary N) is 1. The summed E-state index contributed by atoms with van der Waals surface area (Å²) < 4.78 is 48.4. The van der Waals surface area contributed by atoms with E-state index in [1.54, 1.807) is 39.9 Å². The molecule has 0 aliphatic rings. The zero-order valence-corrected chi connectivity index (χ0v) is 14.1. The van der Waals surface area contributed by atoms with Crippen molar-refractivity contribution in [2.75, 3.05) is 5.73 Å². The van der Waals surface area contributed by atoms with Crippen LogP contribution in [-0.4, -0.2) is 19.2 Å². The van der Waals surface area contributed by atoms with Gasteiger partial charge in [-0.25, -0.2) is 9.50 Å². The minimum atomic E-state index is -4.56. The molecule has 27 heavy (non-hydrogen) atoms. The summed E-state index contributed by atoms with van der Waals surface area (Å²) in [5.41, 5.74) is 6.17. The van der Waals surface area contributed by atoms with Gasteiger partial charge in [0.25, 0.3) is 0 Å². The van der Waals surface area contributed by atoms with Crippen molar-refractivity contribution in [1.82, 2.24) is 19.2 Å². The van der Waals surface area contributed by atoms with Crippen molar-refractivity contribution in [3.63, 3.8) is 0 Å². The standard InChI is InChI=1S/C18H14F3N5O/c1-25-9-15(23-10-25)11-6-17(16-4-5-24-26(16)8-11)27-12-2-3-14(22)13(7-12)18(19,20)21/h2-10H,22H2,1H3. The van der Waals surface area contributed by atoms with Crippen LogP contribution in [0.3, 0.4) is 0 Å². The van der Waals surface area contributed by atoms with E-state index >= 15 is 0 Å². The number of alkyl halides is 3. The molecule has 0 saturated heterocycles. The van der Waals surface area contributed by atoms with Crippen molar-refractivity contribution in [3.05, 3.63) is 60.8 Å². The average Bonchev–Trinajstić information content (AvgIpc) is 3.24. The molecule has 3 heterocycles. The highest BCUT2D eigenvalue weighted by Gasteiger charge is 2.33. The van der Waals surface area contributed by atoms with Gasteiger partial charge < -0.3 is 15.0 Å². The second-order valence-electron chi connectivity index (χ2n) is 6.03. The lowest BCUT2D eigenvalue weighted by Gasteiger charge is -2.13. The summed E-state index contributed by atoms with van der Waals surface area (Å²) in [6.07, 6.45) is 2.26. The first-order valence-corrected chi connectivity index (χ1v) is 7.91. The van der Waals surface area contributed by atoms with E-state index in [9.17, 15) is 13.2 Å². The Morgan fingerprint density at radius 3 is 2.63 bits per heavy atom. The lowest BCUT2D eigenvalue weighted by atomic mass is 10.1. The number of nitrogens with zero attached hydrogens (tertiary/aromatic N) is 4. The van der Waals surface area contributed by atoms with Crippen LogP contribution >= 0.6 is 0 Å². The number of hydrogen-bond acceptors (Lipinski definition) is 4. The number of nitrogen functional groups attached to an aromatic ring is 1. The fraction of sp³-hybridized carbons (Fsp3) is 0.111. The van der Waals surface area contributed by atoms with Gasteiger partial charge in [-0.05, 0) is 30.3 Å². The summed E-state index contributed by atoms with van der Waals surface area (Å²) in [5.74, 6) is 0.381.